The van der Waals surface area contributed by atoms with Crippen LogP contribution in [0, 0.1) is 34.0 Å². The minimum absolute atomic E-state index is 0.178. The topological polar surface area (TPSA) is 78.9 Å². The van der Waals surface area contributed by atoms with Gasteiger partial charge in [-0.15, -0.1) is 0 Å². The summed E-state index contributed by atoms with van der Waals surface area (Å²) < 4.78 is 17.4. The van der Waals surface area contributed by atoms with Crippen LogP contribution in [0.5, 0.6) is 0 Å². The molecule has 0 aromatic heterocycles. The van der Waals surface area contributed by atoms with Gasteiger partial charge in [0, 0.05) is 29.6 Å². The third-order valence-corrected chi connectivity index (χ3v) is 8.62. The number of rotatable bonds is 3. The van der Waals surface area contributed by atoms with E-state index < -0.39 is 27.8 Å². The highest BCUT2D eigenvalue weighted by Gasteiger charge is 2.78. The van der Waals surface area contributed by atoms with Gasteiger partial charge in [0.1, 0.15) is 12.2 Å². The molecule has 0 spiro atoms. The Morgan fingerprint density at radius 3 is 2.00 bits per heavy atom. The average molecular weight is 378 g/mol. The molecule has 0 aromatic rings. The van der Waals surface area contributed by atoms with E-state index in [0.29, 0.717) is 18.8 Å². The van der Waals surface area contributed by atoms with Crippen LogP contribution >= 0.6 is 0 Å². The van der Waals surface area contributed by atoms with Crippen molar-refractivity contribution in [3.8, 4) is 0 Å². The third-order valence-electron chi connectivity index (χ3n) is 8.62. The number of fused-ring (bicyclic) bond motifs is 3. The SMILES string of the molecule is CC(=O)O[C@H]1[C@@H]2[C@H](C)[C@@H]2[C@@H](OC(=O)[C@@]23CC[C@@](C)(C(=O)O2)C3(C)C)C1(C)C. The number of hydrogen-bond donors (Lipinski definition) is 0. The summed E-state index contributed by atoms with van der Waals surface area (Å²) in [5, 5.41) is 0. The Morgan fingerprint density at radius 1 is 1.00 bits per heavy atom. The summed E-state index contributed by atoms with van der Waals surface area (Å²) in [6.45, 7) is 13.2. The van der Waals surface area contributed by atoms with Crippen LogP contribution in [0.3, 0.4) is 0 Å². The van der Waals surface area contributed by atoms with E-state index in [-0.39, 0.29) is 36.0 Å². The second kappa shape index (κ2) is 5.06. The zero-order valence-corrected chi connectivity index (χ0v) is 17.3. The van der Waals surface area contributed by atoms with Crippen molar-refractivity contribution in [3.63, 3.8) is 0 Å². The summed E-state index contributed by atoms with van der Waals surface area (Å²) in [5.41, 5.74) is -2.98. The van der Waals surface area contributed by atoms with Crippen molar-refractivity contribution in [3.05, 3.63) is 0 Å². The maximum atomic E-state index is 13.4. The Bertz CT molecular complexity index is 739. The van der Waals surface area contributed by atoms with Crippen LogP contribution in [0.4, 0.5) is 0 Å². The highest BCUT2D eigenvalue weighted by atomic mass is 16.6. The van der Waals surface area contributed by atoms with Crippen molar-refractivity contribution in [2.24, 2.45) is 34.0 Å². The van der Waals surface area contributed by atoms with Gasteiger partial charge < -0.3 is 14.2 Å². The highest BCUT2D eigenvalue weighted by Crippen LogP contribution is 2.68. The molecule has 4 rings (SSSR count). The molecule has 3 saturated carbocycles. The van der Waals surface area contributed by atoms with E-state index in [1.807, 2.05) is 34.6 Å². The molecule has 6 nitrogen and oxygen atoms in total. The Hall–Kier alpha value is -1.59. The zero-order valence-electron chi connectivity index (χ0n) is 17.3. The summed E-state index contributed by atoms with van der Waals surface area (Å²) in [6.07, 6.45) is 0.496. The molecule has 1 heterocycles. The monoisotopic (exact) mass is 378 g/mol. The van der Waals surface area contributed by atoms with Crippen molar-refractivity contribution in [2.75, 3.05) is 0 Å². The first-order valence-electron chi connectivity index (χ1n) is 9.93. The van der Waals surface area contributed by atoms with Gasteiger partial charge in [-0.2, -0.15) is 0 Å². The van der Waals surface area contributed by atoms with E-state index in [1.54, 1.807) is 0 Å². The molecule has 0 unspecified atom stereocenters. The van der Waals surface area contributed by atoms with Gasteiger partial charge in [-0.1, -0.05) is 34.6 Å². The predicted octanol–water partition coefficient (Wildman–Crippen LogP) is 2.87. The van der Waals surface area contributed by atoms with Crippen LogP contribution in [0.2, 0.25) is 0 Å². The molecule has 7 atom stereocenters. The molecule has 2 bridgehead atoms. The Labute approximate surface area is 160 Å². The molecule has 150 valence electrons. The predicted molar refractivity (Wildman–Crippen MR) is 95.3 cm³/mol. The fourth-order valence-corrected chi connectivity index (χ4v) is 6.19. The lowest BCUT2D eigenvalue weighted by Crippen LogP contribution is -2.52. The summed E-state index contributed by atoms with van der Waals surface area (Å²) in [5.74, 6) is -0.331. The maximum Gasteiger partial charge on any atom is 0.351 e. The van der Waals surface area contributed by atoms with Crippen LogP contribution in [-0.4, -0.2) is 35.7 Å². The van der Waals surface area contributed by atoms with Crippen LogP contribution in [-0.2, 0) is 28.6 Å². The molecule has 0 amide bonds. The lowest BCUT2D eigenvalue weighted by Gasteiger charge is -2.39. The van der Waals surface area contributed by atoms with Crippen LogP contribution in [0.1, 0.15) is 61.3 Å². The first-order valence-corrected chi connectivity index (χ1v) is 9.93. The average Bonchev–Trinajstić information content (AvgIpc) is 3.02. The van der Waals surface area contributed by atoms with Gasteiger partial charge in [0.15, 0.2) is 0 Å². The van der Waals surface area contributed by atoms with Gasteiger partial charge in [0.05, 0.1) is 5.41 Å². The molecule has 1 aliphatic heterocycles. The maximum absolute atomic E-state index is 13.4. The number of carbonyl (C=O) groups excluding carboxylic acids is 3. The molecular weight excluding hydrogens is 348 g/mol. The van der Waals surface area contributed by atoms with Crippen molar-refractivity contribution in [1.82, 2.24) is 0 Å². The lowest BCUT2D eigenvalue weighted by atomic mass is 9.66. The zero-order chi connectivity index (χ0) is 20.2. The van der Waals surface area contributed by atoms with E-state index >= 15 is 0 Å². The molecule has 4 fully saturated rings. The van der Waals surface area contributed by atoms with E-state index in [1.165, 1.54) is 6.92 Å². The second-order valence-corrected chi connectivity index (χ2v) is 10.4. The van der Waals surface area contributed by atoms with E-state index in [2.05, 4.69) is 6.92 Å². The van der Waals surface area contributed by atoms with Crippen molar-refractivity contribution >= 4 is 17.9 Å². The van der Waals surface area contributed by atoms with Crippen molar-refractivity contribution in [1.29, 1.82) is 0 Å². The molecule has 3 aliphatic carbocycles. The molecule has 4 aliphatic rings. The number of esters is 3. The fraction of sp³-hybridized carbons (Fsp3) is 0.857. The molecule has 1 saturated heterocycles. The number of ether oxygens (including phenoxy) is 3. The minimum Gasteiger partial charge on any atom is -0.462 e. The first-order chi connectivity index (χ1) is 12.3. The molecule has 0 N–H and O–H groups in total. The largest absolute Gasteiger partial charge is 0.462 e. The molecule has 27 heavy (non-hydrogen) atoms. The van der Waals surface area contributed by atoms with E-state index in [0.717, 1.165) is 0 Å². The smallest absolute Gasteiger partial charge is 0.351 e. The summed E-state index contributed by atoms with van der Waals surface area (Å²) in [4.78, 5) is 37.4. The molecule has 0 aromatic carbocycles. The molecule has 0 radical (unpaired) electrons. The van der Waals surface area contributed by atoms with Gasteiger partial charge in [-0.05, 0) is 25.7 Å². The summed E-state index contributed by atoms with van der Waals surface area (Å²) >= 11 is 0. The number of carbonyl (C=O) groups is 3. The summed E-state index contributed by atoms with van der Waals surface area (Å²) in [6, 6.07) is 0. The van der Waals surface area contributed by atoms with E-state index in [4.69, 9.17) is 14.2 Å². The number of hydrogen-bond acceptors (Lipinski definition) is 6. The van der Waals surface area contributed by atoms with Crippen molar-refractivity contribution < 1.29 is 28.6 Å². The van der Waals surface area contributed by atoms with Gasteiger partial charge >= 0.3 is 17.9 Å². The molecule has 6 heteroatoms. The highest BCUT2D eigenvalue weighted by molar-refractivity contribution is 5.93. The first kappa shape index (κ1) is 18.8. The Morgan fingerprint density at radius 2 is 1.56 bits per heavy atom. The quantitative estimate of drug-likeness (QED) is 0.555. The van der Waals surface area contributed by atoms with Gasteiger partial charge in [-0.3, -0.25) is 9.59 Å². The van der Waals surface area contributed by atoms with Crippen LogP contribution < -0.4 is 0 Å². The van der Waals surface area contributed by atoms with Crippen LogP contribution in [0.25, 0.3) is 0 Å². The fourth-order valence-electron chi connectivity index (χ4n) is 6.19. The molecular formula is C21H30O6. The third kappa shape index (κ3) is 1.99. The van der Waals surface area contributed by atoms with Crippen LogP contribution in [0.15, 0.2) is 0 Å². The van der Waals surface area contributed by atoms with Gasteiger partial charge in [0.25, 0.3) is 0 Å². The normalized spacial score (nSPS) is 48.0. The standard InChI is InChI=1S/C21H30O6/c1-10-12-13(10)15(18(3,4)14(12)25-11(2)22)26-17(24)21-9-8-20(7,16(23)27-21)19(21,5)6/h10,12-15H,8-9H2,1-7H3/t10-,12+,13-,14-,15+,20-,21+/m0/s1. The Balaban J connectivity index is 1.61. The van der Waals surface area contributed by atoms with Crippen molar-refractivity contribution in [2.45, 2.75) is 79.1 Å². The minimum atomic E-state index is -1.22. The Kier molecular flexibility index (Phi) is 3.52. The van der Waals surface area contributed by atoms with E-state index in [9.17, 15) is 14.4 Å². The van der Waals surface area contributed by atoms with Gasteiger partial charge in [-0.25, -0.2) is 4.79 Å². The van der Waals surface area contributed by atoms with Gasteiger partial charge in [0.2, 0.25) is 5.60 Å². The summed E-state index contributed by atoms with van der Waals surface area (Å²) in [7, 11) is 0. The second-order valence-electron chi connectivity index (χ2n) is 10.4. The lowest BCUT2D eigenvalue weighted by molar-refractivity contribution is -0.195.